The van der Waals surface area contributed by atoms with E-state index in [2.05, 4.69) is 15.0 Å². The minimum atomic E-state index is -0.768. The minimum Gasteiger partial charge on any atom is -0.392 e. The lowest BCUT2D eigenvalue weighted by atomic mass is 9.83. The number of rotatable bonds is 9. The summed E-state index contributed by atoms with van der Waals surface area (Å²) >= 11 is 12.7. The molecular weight excluding hydrogens is 669 g/mol. The number of aromatic nitrogens is 2. The first-order valence-electron chi connectivity index (χ1n) is 15.5. The number of imidazole rings is 1. The van der Waals surface area contributed by atoms with Gasteiger partial charge in [-0.05, 0) is 40.5 Å². The molecule has 49 heavy (non-hydrogen) atoms. The van der Waals surface area contributed by atoms with Crippen LogP contribution in [0.4, 0.5) is 0 Å². The second-order valence-electron chi connectivity index (χ2n) is 11.7. The van der Waals surface area contributed by atoms with Crippen LogP contribution in [0.2, 0.25) is 10.3 Å². The Hall–Kier alpha value is -4.84. The molecule has 1 saturated heterocycles. The largest absolute Gasteiger partial charge is 0.392 e. The van der Waals surface area contributed by atoms with Crippen LogP contribution in [-0.4, -0.2) is 38.6 Å². The number of esters is 2. The molecule has 2 aliphatic heterocycles. The Bertz CT molecular complexity index is 2020. The summed E-state index contributed by atoms with van der Waals surface area (Å²) in [4.78, 5) is 40.7. The molecule has 5 aromatic rings. The highest BCUT2D eigenvalue weighted by Gasteiger charge is 2.42. The smallest absolute Gasteiger partial charge is 0.346 e. The van der Waals surface area contributed by atoms with Crippen molar-refractivity contribution in [2.75, 3.05) is 0 Å². The number of nitrogens with one attached hydrogen (secondary N) is 1. The number of nitrogens with zero attached hydrogens (tertiary/aromatic N) is 2. The Morgan fingerprint density at radius 2 is 1.51 bits per heavy atom. The summed E-state index contributed by atoms with van der Waals surface area (Å²) in [5, 5.41) is 13.0. The van der Waals surface area contributed by atoms with Gasteiger partial charge in [-0.15, -0.1) is 0 Å². The number of ether oxygens (including phenoxy) is 3. The maximum Gasteiger partial charge on any atom is 0.346 e. The standard InChI is InChI=1S/C37H29Cl2N3O7/c38-32-33(39)42(20-41-32)18-29-30(23-4-2-1-3-5-23)31(24-10-8-22(19-43)9-11-24)48-37(47-29)25-12-6-21(7-13-25)17-40-34(44)26-14-15-27-28(16-26)36(46)49-35(27)45/h1-16,20,29-31,37,43H,17-19H2,(H,40,44). The van der Waals surface area contributed by atoms with E-state index in [-0.39, 0.29) is 40.9 Å². The van der Waals surface area contributed by atoms with Crippen molar-refractivity contribution in [3.05, 3.63) is 158 Å². The Labute approximate surface area is 291 Å². The monoisotopic (exact) mass is 697 g/mol. The molecule has 4 atom stereocenters. The lowest BCUT2D eigenvalue weighted by Gasteiger charge is -2.43. The predicted octanol–water partition coefficient (Wildman–Crippen LogP) is 6.56. The molecule has 12 heteroatoms. The fraction of sp³-hybridized carbons (Fsp3) is 0.189. The lowest BCUT2D eigenvalue weighted by molar-refractivity contribution is -0.263. The number of fused-ring (bicyclic) bond motifs is 1. The van der Waals surface area contributed by atoms with E-state index in [1.165, 1.54) is 18.2 Å². The summed E-state index contributed by atoms with van der Waals surface area (Å²) in [5.74, 6) is -2.14. The van der Waals surface area contributed by atoms with Gasteiger partial charge in [-0.1, -0.05) is 102 Å². The molecule has 4 unspecified atom stereocenters. The van der Waals surface area contributed by atoms with Gasteiger partial charge >= 0.3 is 11.9 Å². The zero-order chi connectivity index (χ0) is 34.1. The number of benzene rings is 4. The third-order valence-electron chi connectivity index (χ3n) is 8.69. The van der Waals surface area contributed by atoms with Crippen molar-refractivity contribution in [3.8, 4) is 0 Å². The van der Waals surface area contributed by atoms with Crippen molar-refractivity contribution in [2.24, 2.45) is 0 Å². The van der Waals surface area contributed by atoms with E-state index in [1.54, 1.807) is 10.9 Å². The van der Waals surface area contributed by atoms with E-state index in [4.69, 9.17) is 32.7 Å². The van der Waals surface area contributed by atoms with Crippen LogP contribution in [0, 0.1) is 0 Å². The zero-order valence-corrected chi connectivity index (χ0v) is 27.3. The number of carbonyl (C=O) groups is 3. The maximum atomic E-state index is 12.9. The van der Waals surface area contributed by atoms with E-state index in [1.807, 2.05) is 78.9 Å². The minimum absolute atomic E-state index is 0.0715. The van der Waals surface area contributed by atoms with E-state index >= 15 is 0 Å². The average molecular weight is 699 g/mol. The molecule has 3 heterocycles. The molecule has 0 radical (unpaired) electrons. The number of hydrogen-bond acceptors (Lipinski definition) is 8. The molecule has 0 aliphatic carbocycles. The van der Waals surface area contributed by atoms with Crippen LogP contribution in [0.5, 0.6) is 0 Å². The van der Waals surface area contributed by atoms with Gasteiger partial charge in [-0.3, -0.25) is 4.79 Å². The molecule has 4 aromatic carbocycles. The Morgan fingerprint density at radius 1 is 0.816 bits per heavy atom. The first kappa shape index (κ1) is 32.7. The molecule has 248 valence electrons. The quantitative estimate of drug-likeness (QED) is 0.131. The Morgan fingerprint density at radius 3 is 2.20 bits per heavy atom. The molecule has 0 saturated carbocycles. The zero-order valence-electron chi connectivity index (χ0n) is 25.8. The van der Waals surface area contributed by atoms with Gasteiger partial charge in [-0.25, -0.2) is 14.6 Å². The van der Waals surface area contributed by atoms with E-state index in [9.17, 15) is 19.5 Å². The van der Waals surface area contributed by atoms with E-state index in [0.29, 0.717) is 11.7 Å². The summed E-state index contributed by atoms with van der Waals surface area (Å²) in [6.07, 6.45) is -0.0357. The molecule has 10 nitrogen and oxygen atoms in total. The second-order valence-corrected chi connectivity index (χ2v) is 12.5. The van der Waals surface area contributed by atoms with Crippen LogP contribution in [0.25, 0.3) is 0 Å². The maximum absolute atomic E-state index is 12.9. The number of halogens is 2. The van der Waals surface area contributed by atoms with Gasteiger partial charge in [0.1, 0.15) is 5.15 Å². The van der Waals surface area contributed by atoms with Crippen molar-refractivity contribution in [1.29, 1.82) is 0 Å². The predicted molar refractivity (Wildman–Crippen MR) is 179 cm³/mol. The number of aliphatic hydroxyl groups excluding tert-OH is 1. The van der Waals surface area contributed by atoms with Gasteiger partial charge in [0.15, 0.2) is 11.4 Å². The van der Waals surface area contributed by atoms with Crippen LogP contribution in [-0.2, 0) is 33.9 Å². The molecule has 1 aromatic heterocycles. The summed E-state index contributed by atoms with van der Waals surface area (Å²) in [5.41, 5.74) is 4.76. The van der Waals surface area contributed by atoms with Gasteiger partial charge < -0.3 is 29.2 Å². The SMILES string of the molecule is O=C(NCc1ccc(C2OC(Cn3cnc(Cl)c3Cl)C(c3ccccc3)C(c3ccc(CO)cc3)O2)cc1)c1ccc2c(c1)C(=O)OC2=O. The van der Waals surface area contributed by atoms with Gasteiger partial charge in [0, 0.05) is 23.6 Å². The van der Waals surface area contributed by atoms with Crippen molar-refractivity contribution < 1.29 is 33.7 Å². The van der Waals surface area contributed by atoms with E-state index < -0.39 is 36.3 Å². The summed E-state index contributed by atoms with van der Waals surface area (Å²) in [6.45, 7) is 0.490. The molecule has 1 amide bonds. The number of hydrogen-bond donors (Lipinski definition) is 2. The van der Waals surface area contributed by atoms with Crippen LogP contribution < -0.4 is 5.32 Å². The second kappa shape index (κ2) is 13.9. The highest BCUT2D eigenvalue weighted by Crippen LogP contribution is 2.47. The summed E-state index contributed by atoms with van der Waals surface area (Å²) in [7, 11) is 0. The topological polar surface area (TPSA) is 129 Å². The normalized spacial score (nSPS) is 20.1. The van der Waals surface area contributed by atoms with Crippen LogP contribution in [0.1, 0.15) is 77.2 Å². The number of cyclic esters (lactones) is 2. The third kappa shape index (κ3) is 6.74. The van der Waals surface area contributed by atoms with Gasteiger partial charge in [0.25, 0.3) is 5.91 Å². The summed E-state index contributed by atoms with van der Waals surface area (Å²) < 4.78 is 19.8. The molecule has 0 spiro atoms. The lowest BCUT2D eigenvalue weighted by Crippen LogP contribution is -2.39. The first-order chi connectivity index (χ1) is 23.8. The highest BCUT2D eigenvalue weighted by atomic mass is 35.5. The van der Waals surface area contributed by atoms with Gasteiger partial charge in [0.2, 0.25) is 0 Å². The molecule has 0 bridgehead atoms. The Kier molecular flexibility index (Phi) is 9.31. The van der Waals surface area contributed by atoms with Gasteiger partial charge in [0.05, 0.1) is 42.8 Å². The highest BCUT2D eigenvalue weighted by molar-refractivity contribution is 6.40. The molecule has 1 fully saturated rings. The molecule has 2 aliphatic rings. The summed E-state index contributed by atoms with van der Waals surface area (Å²) in [6, 6.07) is 29.4. The Balaban J connectivity index is 1.14. The van der Waals surface area contributed by atoms with Crippen molar-refractivity contribution in [3.63, 3.8) is 0 Å². The van der Waals surface area contributed by atoms with Gasteiger partial charge in [-0.2, -0.15) is 0 Å². The van der Waals surface area contributed by atoms with Crippen LogP contribution >= 0.6 is 23.2 Å². The van der Waals surface area contributed by atoms with Crippen molar-refractivity contribution >= 4 is 41.0 Å². The first-order valence-corrected chi connectivity index (χ1v) is 16.2. The fourth-order valence-electron chi connectivity index (χ4n) is 6.13. The number of amides is 1. The number of carbonyl (C=O) groups excluding carboxylic acids is 3. The molecule has 2 N–H and O–H groups in total. The van der Waals surface area contributed by atoms with E-state index in [0.717, 1.165) is 27.8 Å². The van der Waals surface area contributed by atoms with Crippen molar-refractivity contribution in [1.82, 2.24) is 14.9 Å². The third-order valence-corrected chi connectivity index (χ3v) is 9.46. The molecule has 7 rings (SSSR count). The fourth-order valence-corrected chi connectivity index (χ4v) is 6.45. The molecular formula is C37H29Cl2N3O7. The number of aliphatic hydroxyl groups is 1. The van der Waals surface area contributed by atoms with Crippen LogP contribution in [0.3, 0.4) is 0 Å². The van der Waals surface area contributed by atoms with Crippen molar-refractivity contribution in [2.45, 2.75) is 44.1 Å². The average Bonchev–Trinajstić information content (AvgIpc) is 3.61. The van der Waals surface area contributed by atoms with Crippen LogP contribution in [0.15, 0.2) is 103 Å².